The second-order valence-electron chi connectivity index (χ2n) is 5.61. The SMILES string of the molecule is CCOc1cccc(C(=O)NNC(=O)OCC=CCOCc2ccccc2)c1. The fourth-order valence-corrected chi connectivity index (χ4v) is 2.19. The molecule has 0 atom stereocenters. The summed E-state index contributed by atoms with van der Waals surface area (Å²) >= 11 is 0. The van der Waals surface area contributed by atoms with E-state index in [1.807, 2.05) is 37.3 Å². The average Bonchev–Trinajstić information content (AvgIpc) is 2.72. The Balaban J connectivity index is 1.59. The third-order valence-corrected chi connectivity index (χ3v) is 3.49. The summed E-state index contributed by atoms with van der Waals surface area (Å²) in [6, 6.07) is 16.5. The lowest BCUT2D eigenvalue weighted by Crippen LogP contribution is -2.41. The molecule has 0 unspecified atom stereocenters. The van der Waals surface area contributed by atoms with Crippen LogP contribution in [0.3, 0.4) is 0 Å². The number of carbonyl (C=O) groups excluding carboxylic acids is 2. The van der Waals surface area contributed by atoms with Crippen LogP contribution in [0.15, 0.2) is 66.7 Å². The summed E-state index contributed by atoms with van der Waals surface area (Å²) < 4.78 is 15.7. The molecule has 0 aliphatic heterocycles. The van der Waals surface area contributed by atoms with Crippen LogP contribution in [0.2, 0.25) is 0 Å². The molecule has 28 heavy (non-hydrogen) atoms. The molecule has 2 aromatic rings. The van der Waals surface area contributed by atoms with Gasteiger partial charge in [0.25, 0.3) is 5.91 Å². The van der Waals surface area contributed by atoms with Crippen LogP contribution in [0.4, 0.5) is 4.79 Å². The van der Waals surface area contributed by atoms with Gasteiger partial charge in [-0.2, -0.15) is 0 Å². The van der Waals surface area contributed by atoms with Crippen LogP contribution in [0.25, 0.3) is 0 Å². The molecule has 2 rings (SSSR count). The number of hydrogen-bond donors (Lipinski definition) is 2. The normalized spacial score (nSPS) is 10.5. The molecule has 0 aromatic heterocycles. The first-order valence-corrected chi connectivity index (χ1v) is 8.91. The summed E-state index contributed by atoms with van der Waals surface area (Å²) in [6.45, 7) is 3.35. The van der Waals surface area contributed by atoms with E-state index in [1.165, 1.54) is 0 Å². The van der Waals surface area contributed by atoms with Crippen molar-refractivity contribution < 1.29 is 23.8 Å². The number of rotatable bonds is 9. The van der Waals surface area contributed by atoms with E-state index in [0.29, 0.717) is 31.1 Å². The molecule has 0 saturated heterocycles. The monoisotopic (exact) mass is 384 g/mol. The van der Waals surface area contributed by atoms with Gasteiger partial charge in [-0.25, -0.2) is 10.2 Å². The number of amides is 2. The van der Waals surface area contributed by atoms with Crippen molar-refractivity contribution in [2.75, 3.05) is 19.8 Å². The van der Waals surface area contributed by atoms with E-state index in [0.717, 1.165) is 5.56 Å². The minimum absolute atomic E-state index is 0.0657. The highest BCUT2D eigenvalue weighted by atomic mass is 16.6. The highest BCUT2D eigenvalue weighted by Crippen LogP contribution is 2.12. The zero-order valence-electron chi connectivity index (χ0n) is 15.7. The van der Waals surface area contributed by atoms with Gasteiger partial charge in [0.2, 0.25) is 0 Å². The van der Waals surface area contributed by atoms with E-state index in [4.69, 9.17) is 14.2 Å². The first-order valence-electron chi connectivity index (χ1n) is 8.91. The van der Waals surface area contributed by atoms with Gasteiger partial charge in [0.1, 0.15) is 12.4 Å². The fourth-order valence-electron chi connectivity index (χ4n) is 2.19. The molecule has 0 fully saturated rings. The van der Waals surface area contributed by atoms with E-state index < -0.39 is 12.0 Å². The maximum atomic E-state index is 12.0. The quantitative estimate of drug-likeness (QED) is 0.394. The van der Waals surface area contributed by atoms with Crippen LogP contribution in [0.5, 0.6) is 5.75 Å². The second-order valence-corrected chi connectivity index (χ2v) is 5.61. The standard InChI is InChI=1S/C21H24N2O5/c1-2-27-19-12-8-11-18(15-19)20(24)22-23-21(25)28-14-7-6-13-26-16-17-9-4-3-5-10-17/h3-12,15H,2,13-14,16H2,1H3,(H,22,24)(H,23,25). The summed E-state index contributed by atoms with van der Waals surface area (Å²) in [5.74, 6) is 0.112. The Labute approximate surface area is 164 Å². The molecule has 2 aromatic carbocycles. The Bertz CT molecular complexity index is 777. The molecule has 0 saturated carbocycles. The van der Waals surface area contributed by atoms with Gasteiger partial charge in [-0.05, 0) is 36.8 Å². The Morgan fingerprint density at radius 1 is 0.964 bits per heavy atom. The largest absolute Gasteiger partial charge is 0.494 e. The molecular weight excluding hydrogens is 360 g/mol. The van der Waals surface area contributed by atoms with Crippen LogP contribution in [0, 0.1) is 0 Å². The van der Waals surface area contributed by atoms with Crippen LogP contribution >= 0.6 is 0 Å². The van der Waals surface area contributed by atoms with Gasteiger partial charge in [-0.1, -0.05) is 42.5 Å². The Morgan fingerprint density at radius 3 is 2.54 bits per heavy atom. The molecule has 0 radical (unpaired) electrons. The number of hydrogen-bond acceptors (Lipinski definition) is 5. The summed E-state index contributed by atoms with van der Waals surface area (Å²) in [4.78, 5) is 23.6. The van der Waals surface area contributed by atoms with E-state index in [9.17, 15) is 9.59 Å². The van der Waals surface area contributed by atoms with E-state index in [1.54, 1.807) is 36.4 Å². The van der Waals surface area contributed by atoms with Crippen molar-refractivity contribution in [1.29, 1.82) is 0 Å². The molecule has 0 heterocycles. The fraction of sp³-hybridized carbons (Fsp3) is 0.238. The van der Waals surface area contributed by atoms with Gasteiger partial charge in [0, 0.05) is 5.56 Å². The van der Waals surface area contributed by atoms with Crippen molar-refractivity contribution in [1.82, 2.24) is 10.9 Å². The molecule has 7 nitrogen and oxygen atoms in total. The van der Waals surface area contributed by atoms with E-state index in [-0.39, 0.29) is 6.61 Å². The molecule has 0 spiro atoms. The molecule has 2 N–H and O–H groups in total. The van der Waals surface area contributed by atoms with Gasteiger partial charge < -0.3 is 14.2 Å². The van der Waals surface area contributed by atoms with Crippen molar-refractivity contribution in [2.45, 2.75) is 13.5 Å². The van der Waals surface area contributed by atoms with Crippen LogP contribution < -0.4 is 15.6 Å². The highest BCUT2D eigenvalue weighted by molar-refractivity contribution is 5.95. The van der Waals surface area contributed by atoms with E-state index in [2.05, 4.69) is 10.9 Å². The highest BCUT2D eigenvalue weighted by Gasteiger charge is 2.08. The predicted octanol–water partition coefficient (Wildman–Crippen LogP) is 3.23. The van der Waals surface area contributed by atoms with Crippen LogP contribution in [-0.2, 0) is 16.1 Å². The number of ether oxygens (including phenoxy) is 3. The minimum atomic E-state index is -0.760. The molecule has 0 aliphatic carbocycles. The molecule has 0 aliphatic rings. The van der Waals surface area contributed by atoms with Crippen molar-refractivity contribution in [3.8, 4) is 5.75 Å². The van der Waals surface area contributed by atoms with Gasteiger partial charge >= 0.3 is 6.09 Å². The van der Waals surface area contributed by atoms with Crippen molar-refractivity contribution in [3.63, 3.8) is 0 Å². The molecule has 2 amide bonds. The summed E-state index contributed by atoms with van der Waals surface area (Å²) in [5, 5.41) is 0. The van der Waals surface area contributed by atoms with Gasteiger partial charge in [0.05, 0.1) is 19.8 Å². The predicted molar refractivity (Wildman–Crippen MR) is 105 cm³/mol. The minimum Gasteiger partial charge on any atom is -0.494 e. The van der Waals surface area contributed by atoms with Gasteiger partial charge in [-0.3, -0.25) is 10.2 Å². The van der Waals surface area contributed by atoms with Crippen LogP contribution in [-0.4, -0.2) is 31.8 Å². The third-order valence-electron chi connectivity index (χ3n) is 3.49. The van der Waals surface area contributed by atoms with E-state index >= 15 is 0 Å². The summed E-state index contributed by atoms with van der Waals surface area (Å²) in [7, 11) is 0. The Morgan fingerprint density at radius 2 is 1.75 bits per heavy atom. The topological polar surface area (TPSA) is 85.9 Å². The first kappa shape index (κ1) is 21.0. The zero-order valence-corrected chi connectivity index (χ0v) is 15.7. The van der Waals surface area contributed by atoms with Crippen molar-refractivity contribution >= 4 is 12.0 Å². The molecule has 7 heteroatoms. The van der Waals surface area contributed by atoms with Gasteiger partial charge in [0.15, 0.2) is 0 Å². The maximum Gasteiger partial charge on any atom is 0.426 e. The summed E-state index contributed by atoms with van der Waals surface area (Å²) in [6.07, 6.45) is 2.66. The number of benzene rings is 2. The Hall–Kier alpha value is -3.32. The molecular formula is C21H24N2O5. The number of carbonyl (C=O) groups is 2. The zero-order chi connectivity index (χ0) is 20.0. The summed E-state index contributed by atoms with van der Waals surface area (Å²) in [5.41, 5.74) is 5.92. The molecule has 148 valence electrons. The Kier molecular flexibility index (Phi) is 9.10. The lowest BCUT2D eigenvalue weighted by Gasteiger charge is -2.08. The first-order chi connectivity index (χ1) is 13.7. The van der Waals surface area contributed by atoms with Crippen molar-refractivity contribution in [2.24, 2.45) is 0 Å². The maximum absolute atomic E-state index is 12.0. The lowest BCUT2D eigenvalue weighted by atomic mass is 10.2. The average molecular weight is 384 g/mol. The number of nitrogens with one attached hydrogen (secondary N) is 2. The smallest absolute Gasteiger partial charge is 0.426 e. The second kappa shape index (κ2) is 12.1. The molecule has 0 bridgehead atoms. The third kappa shape index (κ3) is 7.92. The van der Waals surface area contributed by atoms with Gasteiger partial charge in [-0.15, -0.1) is 0 Å². The number of hydrazine groups is 1. The van der Waals surface area contributed by atoms with Crippen LogP contribution in [0.1, 0.15) is 22.8 Å². The van der Waals surface area contributed by atoms with Crippen molar-refractivity contribution in [3.05, 3.63) is 77.9 Å². The lowest BCUT2D eigenvalue weighted by molar-refractivity contribution is 0.0915.